The van der Waals surface area contributed by atoms with Crippen LogP contribution in [0.2, 0.25) is 0 Å². The molecule has 2 aromatic carbocycles. The number of hydrogen-bond donors (Lipinski definition) is 1. The van der Waals surface area contributed by atoms with E-state index in [2.05, 4.69) is 26.5 Å². The highest BCUT2D eigenvalue weighted by Gasteiger charge is 2.11. The quantitative estimate of drug-likeness (QED) is 0.387. The molecule has 1 N–H and O–H groups in total. The van der Waals surface area contributed by atoms with Crippen molar-refractivity contribution in [1.82, 2.24) is 5.43 Å². The second-order valence-corrected chi connectivity index (χ2v) is 7.01. The first-order chi connectivity index (χ1) is 14.1. The summed E-state index contributed by atoms with van der Waals surface area (Å²) < 4.78 is 17.6. The number of amides is 1. The second-order valence-electron chi connectivity index (χ2n) is 6.16. The highest BCUT2D eigenvalue weighted by atomic mass is 79.9. The van der Waals surface area contributed by atoms with Crippen LogP contribution in [0.5, 0.6) is 17.2 Å². The molecule has 0 atom stereocenters. The van der Waals surface area contributed by atoms with Crippen LogP contribution in [-0.4, -0.2) is 31.9 Å². The molecular weight excluding hydrogens is 436 g/mol. The lowest BCUT2D eigenvalue weighted by molar-refractivity contribution is -0.120. The molecule has 0 radical (unpaired) electrons. The van der Waals surface area contributed by atoms with Crippen LogP contribution in [-0.2, 0) is 11.2 Å². The molecule has 0 heterocycles. The number of carbonyl (C=O) groups is 1. The van der Waals surface area contributed by atoms with Crippen LogP contribution in [0.15, 0.2) is 46.0 Å². The summed E-state index contributed by atoms with van der Waals surface area (Å²) in [4.78, 5) is 12.1. The number of ether oxygens (including phenoxy) is 3. The van der Waals surface area contributed by atoms with Crippen molar-refractivity contribution in [3.8, 4) is 17.2 Å². The van der Waals surface area contributed by atoms with E-state index in [9.17, 15) is 4.79 Å². The zero-order valence-corrected chi connectivity index (χ0v) is 18.6. The number of nitrogens with zero attached hydrogens (tertiary/aromatic N) is 1. The summed E-state index contributed by atoms with van der Waals surface area (Å²) in [6, 6.07) is 11.1. The van der Waals surface area contributed by atoms with Crippen LogP contribution in [0.1, 0.15) is 38.3 Å². The summed E-state index contributed by atoms with van der Waals surface area (Å²) in [6.07, 6.45) is 2.72. The Balaban J connectivity index is 1.98. The molecule has 0 spiro atoms. The molecular formula is C22H27BrN2O4. The fraction of sp³-hybridized carbons (Fsp3) is 0.364. The third-order valence-corrected chi connectivity index (χ3v) is 4.37. The Morgan fingerprint density at radius 2 is 1.79 bits per heavy atom. The lowest BCUT2D eigenvalue weighted by Gasteiger charge is -2.14. The van der Waals surface area contributed by atoms with Crippen molar-refractivity contribution in [2.45, 2.75) is 33.6 Å². The Morgan fingerprint density at radius 3 is 2.45 bits per heavy atom. The zero-order valence-electron chi connectivity index (χ0n) is 17.0. The fourth-order valence-corrected chi connectivity index (χ4v) is 3.12. The van der Waals surface area contributed by atoms with Crippen LogP contribution in [0.25, 0.3) is 0 Å². The Hall–Kier alpha value is -2.54. The summed E-state index contributed by atoms with van der Waals surface area (Å²) >= 11 is 3.52. The third kappa shape index (κ3) is 7.42. The molecule has 0 aliphatic heterocycles. The van der Waals surface area contributed by atoms with Crippen molar-refractivity contribution < 1.29 is 19.0 Å². The standard InChI is InChI=1S/C22H27BrN2O4/c1-4-11-29-22-19(23)12-17(13-20(22)28-6-3)15-24-25-21(26)14-16-7-9-18(10-8-16)27-5-2/h7-10,12-13,15H,4-6,11,14H2,1-3H3,(H,25,26)/b24-15-. The van der Waals surface area contributed by atoms with E-state index in [1.807, 2.05) is 57.2 Å². The van der Waals surface area contributed by atoms with Gasteiger partial charge in [0.2, 0.25) is 5.91 Å². The predicted octanol–water partition coefficient (Wildman–Crippen LogP) is 4.73. The van der Waals surface area contributed by atoms with Crippen LogP contribution in [0.4, 0.5) is 0 Å². The van der Waals surface area contributed by atoms with Gasteiger partial charge in [-0.15, -0.1) is 0 Å². The highest BCUT2D eigenvalue weighted by Crippen LogP contribution is 2.36. The van der Waals surface area contributed by atoms with Gasteiger partial charge in [0, 0.05) is 0 Å². The molecule has 6 nitrogen and oxygen atoms in total. The number of hydrazone groups is 1. The van der Waals surface area contributed by atoms with E-state index in [4.69, 9.17) is 14.2 Å². The minimum atomic E-state index is -0.197. The first kappa shape index (κ1) is 22.7. The van der Waals surface area contributed by atoms with Crippen LogP contribution < -0.4 is 19.6 Å². The van der Waals surface area contributed by atoms with Gasteiger partial charge in [0.15, 0.2) is 11.5 Å². The van der Waals surface area contributed by atoms with Crippen molar-refractivity contribution in [2.24, 2.45) is 5.10 Å². The Kier molecular flexibility index (Phi) is 9.50. The molecule has 0 saturated heterocycles. The van der Waals surface area contributed by atoms with Crippen molar-refractivity contribution in [1.29, 1.82) is 0 Å². The number of carbonyl (C=O) groups excluding carboxylic acids is 1. The van der Waals surface area contributed by atoms with Gasteiger partial charge in [-0.05, 0) is 71.6 Å². The lowest BCUT2D eigenvalue weighted by Crippen LogP contribution is -2.19. The smallest absolute Gasteiger partial charge is 0.244 e. The van der Waals surface area contributed by atoms with Gasteiger partial charge in [0.05, 0.1) is 36.9 Å². The Bertz CT molecular complexity index is 822. The van der Waals surface area contributed by atoms with E-state index < -0.39 is 0 Å². The largest absolute Gasteiger partial charge is 0.494 e. The number of halogens is 1. The molecule has 0 fully saturated rings. The van der Waals surface area contributed by atoms with Gasteiger partial charge in [0.25, 0.3) is 0 Å². The molecule has 0 aromatic heterocycles. The molecule has 2 aromatic rings. The highest BCUT2D eigenvalue weighted by molar-refractivity contribution is 9.10. The van der Waals surface area contributed by atoms with E-state index in [0.717, 1.165) is 27.8 Å². The maximum atomic E-state index is 12.1. The summed E-state index contributed by atoms with van der Waals surface area (Å²) in [5.41, 5.74) is 4.22. The fourth-order valence-electron chi connectivity index (χ4n) is 2.54. The minimum Gasteiger partial charge on any atom is -0.494 e. The Labute approximate surface area is 180 Å². The average molecular weight is 463 g/mol. The SMILES string of the molecule is CCCOc1c(Br)cc(/C=N\NC(=O)Cc2ccc(OCC)cc2)cc1OCC. The van der Waals surface area contributed by atoms with Crippen LogP contribution in [0.3, 0.4) is 0 Å². The maximum Gasteiger partial charge on any atom is 0.244 e. The van der Waals surface area contributed by atoms with E-state index in [1.165, 1.54) is 0 Å². The van der Waals surface area contributed by atoms with Crippen LogP contribution >= 0.6 is 15.9 Å². The van der Waals surface area contributed by atoms with Crippen molar-refractivity contribution in [3.63, 3.8) is 0 Å². The summed E-state index contributed by atoms with van der Waals surface area (Å²) in [5, 5.41) is 4.05. The molecule has 2 rings (SSSR count). The molecule has 0 aliphatic rings. The summed E-state index contributed by atoms with van der Waals surface area (Å²) in [6.45, 7) is 7.63. The second kappa shape index (κ2) is 12.1. The van der Waals surface area contributed by atoms with Crippen LogP contribution in [0, 0.1) is 0 Å². The van der Waals surface area contributed by atoms with Gasteiger partial charge < -0.3 is 14.2 Å². The van der Waals surface area contributed by atoms with Gasteiger partial charge in [-0.1, -0.05) is 19.1 Å². The number of rotatable bonds is 11. The normalized spacial score (nSPS) is 10.8. The average Bonchev–Trinajstić information content (AvgIpc) is 2.69. The molecule has 0 unspecified atom stereocenters. The molecule has 0 saturated carbocycles. The predicted molar refractivity (Wildman–Crippen MR) is 118 cm³/mol. The summed E-state index contributed by atoms with van der Waals surface area (Å²) in [7, 11) is 0. The summed E-state index contributed by atoms with van der Waals surface area (Å²) in [5.74, 6) is 1.90. The van der Waals surface area contributed by atoms with E-state index in [-0.39, 0.29) is 12.3 Å². The van der Waals surface area contributed by atoms with Gasteiger partial charge >= 0.3 is 0 Å². The first-order valence-electron chi connectivity index (χ1n) is 9.70. The van der Waals surface area contributed by atoms with Crippen molar-refractivity contribution in [2.75, 3.05) is 19.8 Å². The molecule has 29 heavy (non-hydrogen) atoms. The van der Waals surface area contributed by atoms with Gasteiger partial charge in [0.1, 0.15) is 5.75 Å². The number of benzene rings is 2. The molecule has 0 aliphatic carbocycles. The van der Waals surface area contributed by atoms with Gasteiger partial charge in [-0.3, -0.25) is 4.79 Å². The Morgan fingerprint density at radius 1 is 1.07 bits per heavy atom. The lowest BCUT2D eigenvalue weighted by atomic mass is 10.1. The first-order valence-corrected chi connectivity index (χ1v) is 10.5. The van der Waals surface area contributed by atoms with E-state index in [1.54, 1.807) is 6.21 Å². The van der Waals surface area contributed by atoms with Crippen molar-refractivity contribution >= 4 is 28.1 Å². The minimum absolute atomic E-state index is 0.197. The number of hydrogen-bond acceptors (Lipinski definition) is 5. The van der Waals surface area contributed by atoms with Crippen molar-refractivity contribution in [3.05, 3.63) is 52.0 Å². The van der Waals surface area contributed by atoms with E-state index in [0.29, 0.717) is 31.3 Å². The number of nitrogens with one attached hydrogen (secondary N) is 1. The van der Waals surface area contributed by atoms with Gasteiger partial charge in [-0.25, -0.2) is 5.43 Å². The molecule has 156 valence electrons. The maximum absolute atomic E-state index is 12.1. The topological polar surface area (TPSA) is 69.2 Å². The third-order valence-electron chi connectivity index (χ3n) is 3.78. The monoisotopic (exact) mass is 462 g/mol. The van der Waals surface area contributed by atoms with E-state index >= 15 is 0 Å². The zero-order chi connectivity index (χ0) is 21.1. The molecule has 0 bridgehead atoms. The molecule has 7 heteroatoms. The van der Waals surface area contributed by atoms with Gasteiger partial charge in [-0.2, -0.15) is 5.10 Å². The molecule has 1 amide bonds.